The Morgan fingerprint density at radius 2 is 2.29 bits per heavy atom. The van der Waals surface area contributed by atoms with Crippen molar-refractivity contribution in [2.24, 2.45) is 0 Å². The second-order valence-corrected chi connectivity index (χ2v) is 4.54. The molecule has 0 saturated carbocycles. The highest BCUT2D eigenvalue weighted by atomic mass is 32.2. The lowest BCUT2D eigenvalue weighted by atomic mass is 10.2. The zero-order valence-corrected chi connectivity index (χ0v) is 9.87. The van der Waals surface area contributed by atoms with E-state index >= 15 is 0 Å². The van der Waals surface area contributed by atoms with E-state index in [2.05, 4.69) is 9.97 Å². The number of hydrogen-bond donors (Lipinski definition) is 2. The van der Waals surface area contributed by atoms with E-state index in [-0.39, 0.29) is 11.3 Å². The van der Waals surface area contributed by atoms with Gasteiger partial charge in [0.1, 0.15) is 0 Å². The van der Waals surface area contributed by atoms with Gasteiger partial charge in [-0.3, -0.25) is 9.59 Å². The predicted molar refractivity (Wildman–Crippen MR) is 65.5 cm³/mol. The molecule has 0 aliphatic heterocycles. The minimum atomic E-state index is -0.943. The van der Waals surface area contributed by atoms with Crippen LogP contribution in [0.2, 0.25) is 0 Å². The maximum absolute atomic E-state index is 11.7. The molecule has 0 amide bonds. The normalized spacial score (nSPS) is 10.6. The molecule has 0 bridgehead atoms. The van der Waals surface area contributed by atoms with Gasteiger partial charge in [0.2, 0.25) is 0 Å². The van der Waals surface area contributed by atoms with Crippen LogP contribution in [0.1, 0.15) is 5.56 Å². The van der Waals surface area contributed by atoms with E-state index in [0.29, 0.717) is 16.1 Å². The van der Waals surface area contributed by atoms with E-state index < -0.39 is 5.97 Å². The van der Waals surface area contributed by atoms with Gasteiger partial charge < -0.3 is 10.1 Å². The van der Waals surface area contributed by atoms with Crippen molar-refractivity contribution in [3.63, 3.8) is 0 Å². The van der Waals surface area contributed by atoms with Gasteiger partial charge in [0.05, 0.1) is 16.7 Å². The Labute approximate surface area is 101 Å². The Kier molecular flexibility index (Phi) is 3.14. The van der Waals surface area contributed by atoms with Gasteiger partial charge in [-0.2, -0.15) is 0 Å². The summed E-state index contributed by atoms with van der Waals surface area (Å²) in [6.45, 7) is 1.89. The number of rotatable bonds is 3. The number of carbonyl (C=O) groups is 1. The van der Waals surface area contributed by atoms with Crippen molar-refractivity contribution in [3.05, 3.63) is 34.1 Å². The maximum Gasteiger partial charge on any atom is 0.313 e. The smallest absolute Gasteiger partial charge is 0.313 e. The number of hydrogen-bond acceptors (Lipinski definition) is 4. The number of fused-ring (bicyclic) bond motifs is 1. The molecule has 0 radical (unpaired) electrons. The van der Waals surface area contributed by atoms with Crippen LogP contribution < -0.4 is 5.56 Å². The predicted octanol–water partition coefficient (Wildman–Crippen LogP) is 1.41. The van der Waals surface area contributed by atoms with Crippen LogP contribution in [0, 0.1) is 6.92 Å². The SMILES string of the molecule is Cc1ccc2nc(SCC(=O)O)[nH]c(=O)c2c1. The topological polar surface area (TPSA) is 83.0 Å². The van der Waals surface area contributed by atoms with Crippen LogP contribution >= 0.6 is 11.8 Å². The number of nitrogens with one attached hydrogen (secondary N) is 1. The second kappa shape index (κ2) is 4.58. The van der Waals surface area contributed by atoms with Crippen molar-refractivity contribution in [2.75, 3.05) is 5.75 Å². The number of aromatic nitrogens is 2. The highest BCUT2D eigenvalue weighted by molar-refractivity contribution is 7.99. The number of aryl methyl sites for hydroxylation is 1. The van der Waals surface area contributed by atoms with Gasteiger partial charge in [-0.1, -0.05) is 23.4 Å². The first kappa shape index (κ1) is 11.7. The number of aromatic amines is 1. The summed E-state index contributed by atoms with van der Waals surface area (Å²) in [6, 6.07) is 5.37. The fourth-order valence-electron chi connectivity index (χ4n) is 1.43. The Balaban J connectivity index is 2.45. The van der Waals surface area contributed by atoms with Gasteiger partial charge in [0, 0.05) is 0 Å². The standard InChI is InChI=1S/C11H10N2O3S/c1-6-2-3-8-7(4-6)10(16)13-11(12-8)17-5-9(14)15/h2-4H,5H2,1H3,(H,14,15)(H,12,13,16). The lowest BCUT2D eigenvalue weighted by Crippen LogP contribution is -2.10. The molecule has 0 spiro atoms. The first-order valence-corrected chi connectivity index (χ1v) is 5.90. The van der Waals surface area contributed by atoms with E-state index in [1.165, 1.54) is 0 Å². The highest BCUT2D eigenvalue weighted by Crippen LogP contribution is 2.15. The van der Waals surface area contributed by atoms with Gasteiger partial charge >= 0.3 is 5.97 Å². The molecular weight excluding hydrogens is 240 g/mol. The maximum atomic E-state index is 11.7. The molecule has 5 nitrogen and oxygen atoms in total. The van der Waals surface area contributed by atoms with Crippen molar-refractivity contribution in [1.82, 2.24) is 9.97 Å². The molecule has 88 valence electrons. The van der Waals surface area contributed by atoms with Gasteiger partial charge in [-0.05, 0) is 19.1 Å². The summed E-state index contributed by atoms with van der Waals surface area (Å²) in [5, 5.41) is 9.40. The average molecular weight is 250 g/mol. The monoisotopic (exact) mass is 250 g/mol. The third kappa shape index (κ3) is 2.65. The summed E-state index contributed by atoms with van der Waals surface area (Å²) in [4.78, 5) is 28.9. The number of benzene rings is 1. The van der Waals surface area contributed by atoms with E-state index in [9.17, 15) is 9.59 Å². The lowest BCUT2D eigenvalue weighted by Gasteiger charge is -2.01. The van der Waals surface area contributed by atoms with Crippen LogP contribution in [-0.4, -0.2) is 26.8 Å². The molecular formula is C11H10N2O3S. The number of nitrogens with zero attached hydrogens (tertiary/aromatic N) is 1. The highest BCUT2D eigenvalue weighted by Gasteiger charge is 2.06. The molecule has 1 heterocycles. The van der Waals surface area contributed by atoms with Crippen molar-refractivity contribution >= 4 is 28.6 Å². The molecule has 1 aromatic heterocycles. The molecule has 2 N–H and O–H groups in total. The zero-order valence-electron chi connectivity index (χ0n) is 9.06. The van der Waals surface area contributed by atoms with E-state index in [1.54, 1.807) is 12.1 Å². The molecule has 0 aliphatic rings. The summed E-state index contributed by atoms with van der Waals surface area (Å²) < 4.78 is 0. The number of carboxylic acids is 1. The summed E-state index contributed by atoms with van der Waals surface area (Å²) in [7, 11) is 0. The summed E-state index contributed by atoms with van der Waals surface area (Å²) >= 11 is 0.996. The summed E-state index contributed by atoms with van der Waals surface area (Å²) in [5.74, 6) is -1.07. The molecule has 2 aromatic rings. The van der Waals surface area contributed by atoms with Gasteiger partial charge in [-0.15, -0.1) is 0 Å². The van der Waals surface area contributed by atoms with E-state index in [1.807, 2.05) is 13.0 Å². The molecule has 17 heavy (non-hydrogen) atoms. The Morgan fingerprint density at radius 3 is 3.00 bits per heavy atom. The molecule has 6 heteroatoms. The van der Waals surface area contributed by atoms with Crippen LogP contribution in [0.5, 0.6) is 0 Å². The summed E-state index contributed by atoms with van der Waals surface area (Å²) in [5.41, 5.74) is 1.31. The Hall–Kier alpha value is -1.82. The van der Waals surface area contributed by atoms with Gasteiger partial charge in [-0.25, -0.2) is 4.98 Å². The molecule has 0 fully saturated rings. The van der Waals surface area contributed by atoms with Gasteiger partial charge in [0.25, 0.3) is 5.56 Å². The third-order valence-electron chi connectivity index (χ3n) is 2.17. The molecule has 0 unspecified atom stereocenters. The zero-order chi connectivity index (χ0) is 12.4. The second-order valence-electron chi connectivity index (χ2n) is 3.57. The van der Waals surface area contributed by atoms with Crippen LogP contribution in [0.3, 0.4) is 0 Å². The number of carboxylic acid groups (broad SMARTS) is 1. The van der Waals surface area contributed by atoms with E-state index in [0.717, 1.165) is 17.3 Å². The molecule has 0 atom stereocenters. The number of aliphatic carboxylic acids is 1. The first-order valence-electron chi connectivity index (χ1n) is 4.91. The largest absolute Gasteiger partial charge is 0.481 e. The summed E-state index contributed by atoms with van der Waals surface area (Å²) in [6.07, 6.45) is 0. The fraction of sp³-hybridized carbons (Fsp3) is 0.182. The Bertz CT molecular complexity index is 636. The Morgan fingerprint density at radius 1 is 1.53 bits per heavy atom. The number of H-pyrrole nitrogens is 1. The van der Waals surface area contributed by atoms with Crippen LogP contribution in [0.25, 0.3) is 10.9 Å². The minimum Gasteiger partial charge on any atom is -0.481 e. The van der Waals surface area contributed by atoms with Crippen LogP contribution in [0.15, 0.2) is 28.2 Å². The van der Waals surface area contributed by atoms with E-state index in [4.69, 9.17) is 5.11 Å². The molecule has 0 saturated heterocycles. The molecule has 0 aliphatic carbocycles. The molecule has 1 aromatic carbocycles. The van der Waals surface area contributed by atoms with Gasteiger partial charge in [0.15, 0.2) is 5.16 Å². The quantitative estimate of drug-likeness (QED) is 0.635. The van der Waals surface area contributed by atoms with Crippen molar-refractivity contribution in [3.8, 4) is 0 Å². The molecule has 2 rings (SSSR count). The fourth-order valence-corrected chi connectivity index (χ4v) is 2.02. The first-order chi connectivity index (χ1) is 8.06. The van der Waals surface area contributed by atoms with Crippen LogP contribution in [0.4, 0.5) is 0 Å². The van der Waals surface area contributed by atoms with Crippen molar-refractivity contribution < 1.29 is 9.90 Å². The lowest BCUT2D eigenvalue weighted by molar-refractivity contribution is -0.133. The van der Waals surface area contributed by atoms with Crippen molar-refractivity contribution in [1.29, 1.82) is 0 Å². The third-order valence-corrected chi connectivity index (χ3v) is 3.03. The van der Waals surface area contributed by atoms with Crippen molar-refractivity contribution in [2.45, 2.75) is 12.1 Å². The average Bonchev–Trinajstić information content (AvgIpc) is 2.27. The van der Waals surface area contributed by atoms with Crippen LogP contribution in [-0.2, 0) is 4.79 Å². The minimum absolute atomic E-state index is 0.125. The number of thioether (sulfide) groups is 1.